The van der Waals surface area contributed by atoms with Crippen LogP contribution in [0.4, 0.5) is 5.69 Å². The molecule has 186 valence electrons. The number of aromatic nitrogens is 2. The zero-order valence-electron chi connectivity index (χ0n) is 21.7. The second-order valence-electron chi connectivity index (χ2n) is 9.96. The highest BCUT2D eigenvalue weighted by atomic mass is 16.5. The Balaban J connectivity index is 1.36. The SMILES string of the molecule is CCC(C)c1ccc(OCCn2c(C3CC(=O)N(c4cccc(C)c4C)C3)nc3ccccc32)cc1. The molecule has 1 saturated heterocycles. The molecule has 36 heavy (non-hydrogen) atoms. The first-order valence-electron chi connectivity index (χ1n) is 13.0. The van der Waals surface area contributed by atoms with E-state index in [0.29, 0.717) is 32.0 Å². The molecule has 3 aromatic carbocycles. The van der Waals surface area contributed by atoms with Crippen molar-refractivity contribution in [1.82, 2.24) is 9.55 Å². The van der Waals surface area contributed by atoms with E-state index < -0.39 is 0 Å². The van der Waals surface area contributed by atoms with Crippen LogP contribution in [0, 0.1) is 13.8 Å². The van der Waals surface area contributed by atoms with Crippen molar-refractivity contribution in [1.29, 1.82) is 0 Å². The number of hydrogen-bond donors (Lipinski definition) is 0. The smallest absolute Gasteiger partial charge is 0.227 e. The number of hydrogen-bond acceptors (Lipinski definition) is 3. The summed E-state index contributed by atoms with van der Waals surface area (Å²) in [6.45, 7) is 10.5. The van der Waals surface area contributed by atoms with E-state index in [4.69, 9.17) is 9.72 Å². The summed E-state index contributed by atoms with van der Waals surface area (Å²) in [6, 6.07) is 22.8. The van der Waals surface area contributed by atoms with Gasteiger partial charge in [0.05, 0.1) is 17.6 Å². The molecule has 0 aliphatic carbocycles. The van der Waals surface area contributed by atoms with Gasteiger partial charge in [0.2, 0.25) is 5.91 Å². The van der Waals surface area contributed by atoms with Crippen molar-refractivity contribution in [3.8, 4) is 5.75 Å². The lowest BCUT2D eigenvalue weighted by atomic mass is 9.99. The first-order valence-corrected chi connectivity index (χ1v) is 13.0. The Morgan fingerprint density at radius 2 is 1.81 bits per heavy atom. The van der Waals surface area contributed by atoms with E-state index in [1.54, 1.807) is 0 Å². The van der Waals surface area contributed by atoms with E-state index in [-0.39, 0.29) is 11.8 Å². The molecule has 1 amide bonds. The van der Waals surface area contributed by atoms with Crippen LogP contribution in [0.2, 0.25) is 0 Å². The molecule has 0 bridgehead atoms. The van der Waals surface area contributed by atoms with Crippen molar-refractivity contribution in [3.05, 3.63) is 89.2 Å². The summed E-state index contributed by atoms with van der Waals surface area (Å²) < 4.78 is 8.37. The lowest BCUT2D eigenvalue weighted by molar-refractivity contribution is -0.117. The van der Waals surface area contributed by atoms with Crippen molar-refractivity contribution >= 4 is 22.6 Å². The van der Waals surface area contributed by atoms with Crippen LogP contribution >= 0.6 is 0 Å². The first kappa shape index (κ1) is 24.1. The Morgan fingerprint density at radius 1 is 1.03 bits per heavy atom. The maximum absolute atomic E-state index is 13.1. The van der Waals surface area contributed by atoms with E-state index in [1.807, 2.05) is 35.2 Å². The Kier molecular flexibility index (Phi) is 6.82. The van der Waals surface area contributed by atoms with Gasteiger partial charge in [-0.2, -0.15) is 0 Å². The zero-order chi connectivity index (χ0) is 25.2. The zero-order valence-corrected chi connectivity index (χ0v) is 21.7. The summed E-state index contributed by atoms with van der Waals surface area (Å²) in [4.78, 5) is 20.0. The van der Waals surface area contributed by atoms with Crippen molar-refractivity contribution < 1.29 is 9.53 Å². The average molecular weight is 482 g/mol. The second kappa shape index (κ2) is 10.2. The molecule has 2 unspecified atom stereocenters. The maximum Gasteiger partial charge on any atom is 0.227 e. The average Bonchev–Trinajstić information content (AvgIpc) is 3.46. The van der Waals surface area contributed by atoms with Gasteiger partial charge >= 0.3 is 0 Å². The Bertz CT molecular complexity index is 1370. The van der Waals surface area contributed by atoms with Crippen molar-refractivity contribution in [2.45, 2.75) is 58.9 Å². The van der Waals surface area contributed by atoms with Gasteiger partial charge in [0, 0.05) is 24.6 Å². The molecule has 0 radical (unpaired) electrons. The number of ether oxygens (including phenoxy) is 1. The topological polar surface area (TPSA) is 47.4 Å². The van der Waals surface area contributed by atoms with Crippen LogP contribution in [-0.2, 0) is 11.3 Å². The lowest BCUT2D eigenvalue weighted by Gasteiger charge is -2.20. The molecular formula is C31H35N3O2. The van der Waals surface area contributed by atoms with Crippen LogP contribution < -0.4 is 9.64 Å². The second-order valence-corrected chi connectivity index (χ2v) is 9.96. The minimum Gasteiger partial charge on any atom is -0.492 e. The largest absolute Gasteiger partial charge is 0.492 e. The minimum atomic E-state index is 0.0413. The van der Waals surface area contributed by atoms with Crippen LogP contribution in [-0.4, -0.2) is 28.6 Å². The molecule has 5 heteroatoms. The Labute approximate surface area is 213 Å². The predicted molar refractivity (Wildman–Crippen MR) is 146 cm³/mol. The number of aryl methyl sites for hydroxylation is 1. The summed E-state index contributed by atoms with van der Waals surface area (Å²) in [5.41, 5.74) is 6.75. The van der Waals surface area contributed by atoms with Gasteiger partial charge in [-0.25, -0.2) is 4.98 Å². The molecule has 0 spiro atoms. The third-order valence-corrected chi connectivity index (χ3v) is 7.69. The molecule has 0 N–H and O–H groups in total. The summed E-state index contributed by atoms with van der Waals surface area (Å²) in [5.74, 6) is 2.60. The molecule has 1 aromatic heterocycles. The van der Waals surface area contributed by atoms with E-state index in [0.717, 1.165) is 40.3 Å². The number of amides is 1. The summed E-state index contributed by atoms with van der Waals surface area (Å²) in [5, 5.41) is 0. The van der Waals surface area contributed by atoms with Crippen LogP contribution in [0.3, 0.4) is 0 Å². The van der Waals surface area contributed by atoms with Gasteiger partial charge in [0.15, 0.2) is 0 Å². The van der Waals surface area contributed by atoms with Gasteiger partial charge in [-0.3, -0.25) is 4.79 Å². The highest BCUT2D eigenvalue weighted by Gasteiger charge is 2.35. The number of carbonyl (C=O) groups excluding carboxylic acids is 1. The van der Waals surface area contributed by atoms with Gasteiger partial charge < -0.3 is 14.2 Å². The molecule has 1 aliphatic rings. The first-order chi connectivity index (χ1) is 17.5. The third kappa shape index (κ3) is 4.62. The lowest BCUT2D eigenvalue weighted by Crippen LogP contribution is -2.25. The number of anilines is 1. The number of benzene rings is 3. The molecule has 4 aromatic rings. The Hall–Kier alpha value is -3.60. The number of carbonyl (C=O) groups is 1. The number of imidazole rings is 1. The van der Waals surface area contributed by atoms with Crippen molar-refractivity contribution in [3.63, 3.8) is 0 Å². The quantitative estimate of drug-likeness (QED) is 0.279. The van der Waals surface area contributed by atoms with Crippen molar-refractivity contribution in [2.24, 2.45) is 0 Å². The number of fused-ring (bicyclic) bond motifs is 1. The molecule has 0 saturated carbocycles. The van der Waals surface area contributed by atoms with E-state index >= 15 is 0 Å². The van der Waals surface area contributed by atoms with Gasteiger partial charge in [-0.1, -0.05) is 50.2 Å². The molecule has 5 rings (SSSR count). The van der Waals surface area contributed by atoms with Crippen LogP contribution in [0.25, 0.3) is 11.0 Å². The van der Waals surface area contributed by atoms with E-state index in [9.17, 15) is 4.79 Å². The Morgan fingerprint density at radius 3 is 2.58 bits per heavy atom. The predicted octanol–water partition coefficient (Wildman–Crippen LogP) is 6.77. The van der Waals surface area contributed by atoms with E-state index in [1.165, 1.54) is 11.1 Å². The minimum absolute atomic E-state index is 0.0413. The molecular weight excluding hydrogens is 446 g/mol. The molecule has 5 nitrogen and oxygen atoms in total. The van der Waals surface area contributed by atoms with Crippen LogP contribution in [0.1, 0.15) is 61.0 Å². The normalized spacial score (nSPS) is 16.6. The summed E-state index contributed by atoms with van der Waals surface area (Å²) in [7, 11) is 0. The number of para-hydroxylation sites is 2. The van der Waals surface area contributed by atoms with Crippen LogP contribution in [0.15, 0.2) is 66.7 Å². The summed E-state index contributed by atoms with van der Waals surface area (Å²) in [6.07, 6.45) is 1.59. The van der Waals surface area contributed by atoms with Gasteiger partial charge in [0.1, 0.15) is 18.2 Å². The molecule has 2 heterocycles. The van der Waals surface area contributed by atoms with Gasteiger partial charge in [-0.15, -0.1) is 0 Å². The fraction of sp³-hybridized carbons (Fsp3) is 0.355. The standard InChI is InChI=1S/C31H35N3O2/c1-5-21(2)24-13-15-26(16-14-24)36-18-17-33-29-11-7-6-10-27(29)32-31(33)25-19-30(35)34(20-25)28-12-8-9-22(3)23(28)4/h6-16,21,25H,5,17-20H2,1-4H3. The van der Waals surface area contributed by atoms with Crippen LogP contribution in [0.5, 0.6) is 5.75 Å². The fourth-order valence-corrected chi connectivity index (χ4v) is 5.17. The fourth-order valence-electron chi connectivity index (χ4n) is 5.17. The van der Waals surface area contributed by atoms with E-state index in [2.05, 4.69) is 68.7 Å². The number of nitrogens with zero attached hydrogens (tertiary/aromatic N) is 3. The molecule has 2 atom stereocenters. The number of rotatable bonds is 8. The highest BCUT2D eigenvalue weighted by Crippen LogP contribution is 2.35. The molecule has 1 fully saturated rings. The third-order valence-electron chi connectivity index (χ3n) is 7.69. The van der Waals surface area contributed by atoms with Crippen molar-refractivity contribution in [2.75, 3.05) is 18.1 Å². The molecule has 1 aliphatic heterocycles. The maximum atomic E-state index is 13.1. The van der Waals surface area contributed by atoms with Gasteiger partial charge in [-0.05, 0) is 73.2 Å². The highest BCUT2D eigenvalue weighted by molar-refractivity contribution is 5.97. The monoisotopic (exact) mass is 481 g/mol. The summed E-state index contributed by atoms with van der Waals surface area (Å²) >= 11 is 0. The van der Waals surface area contributed by atoms with Gasteiger partial charge in [0.25, 0.3) is 0 Å².